The molecule has 1 aliphatic heterocycles. The average molecular weight is 380 g/mol. The van der Waals surface area contributed by atoms with Gasteiger partial charge in [-0.05, 0) is 25.2 Å². The van der Waals surface area contributed by atoms with E-state index in [2.05, 4.69) is 17.6 Å². The molecule has 152 valence electrons. The van der Waals surface area contributed by atoms with E-state index in [4.69, 9.17) is 5.11 Å². The summed E-state index contributed by atoms with van der Waals surface area (Å²) in [5.74, 6) is -1.77. The molecule has 0 aromatic heterocycles. The predicted octanol–water partition coefficient (Wildman–Crippen LogP) is 0.687. The number of hydrogen-bond donors (Lipinski definition) is 3. The van der Waals surface area contributed by atoms with Gasteiger partial charge in [-0.1, -0.05) is 32.4 Å². The smallest absolute Gasteiger partial charge is 0.243 e. The average Bonchev–Trinajstić information content (AvgIpc) is 2.94. The Morgan fingerprint density at radius 2 is 1.93 bits per heavy atom. The van der Waals surface area contributed by atoms with Gasteiger partial charge in [0.1, 0.15) is 6.04 Å². The maximum Gasteiger partial charge on any atom is 0.243 e. The number of nitrogens with zero attached hydrogens (tertiary/aromatic N) is 1. The van der Waals surface area contributed by atoms with Crippen LogP contribution >= 0.6 is 0 Å². The second kappa shape index (κ2) is 9.88. The fraction of sp³-hybridized carbons (Fsp3) is 0.750. The number of unbranched alkanes of at least 4 members (excludes halogenated alkanes) is 2. The fourth-order valence-electron chi connectivity index (χ4n) is 4.29. The lowest BCUT2D eigenvalue weighted by Crippen LogP contribution is -2.48. The van der Waals surface area contributed by atoms with Crippen LogP contribution in [0.3, 0.4) is 0 Å². The van der Waals surface area contributed by atoms with Crippen LogP contribution < -0.4 is 10.6 Å². The molecule has 0 saturated carbocycles. The minimum Gasteiger partial charge on any atom is -0.396 e. The van der Waals surface area contributed by atoms with Gasteiger partial charge in [0.15, 0.2) is 0 Å². The quantitative estimate of drug-likeness (QED) is 0.405. The maximum atomic E-state index is 13.2. The lowest BCUT2D eigenvalue weighted by atomic mass is 9.70. The minimum atomic E-state index is -0.589. The number of aliphatic hydroxyl groups excluding tert-OH is 1. The highest BCUT2D eigenvalue weighted by Crippen LogP contribution is 2.43. The number of hydrogen-bond acceptors (Lipinski definition) is 4. The molecule has 3 amide bonds. The molecule has 0 radical (unpaired) electrons. The van der Waals surface area contributed by atoms with Gasteiger partial charge >= 0.3 is 0 Å². The van der Waals surface area contributed by atoms with Crippen molar-refractivity contribution >= 4 is 17.7 Å². The molecular formula is C20H33N3O4. The third-order valence-corrected chi connectivity index (χ3v) is 5.73. The second-order valence-electron chi connectivity index (χ2n) is 7.54. The lowest BCUT2D eigenvalue weighted by Gasteiger charge is -2.32. The van der Waals surface area contributed by atoms with Gasteiger partial charge in [-0.15, -0.1) is 0 Å². The normalized spacial score (nSPS) is 29.6. The summed E-state index contributed by atoms with van der Waals surface area (Å²) in [5, 5.41) is 14.7. The molecule has 0 unspecified atom stereocenters. The largest absolute Gasteiger partial charge is 0.396 e. The van der Waals surface area contributed by atoms with Crippen molar-refractivity contribution < 1.29 is 19.5 Å². The Morgan fingerprint density at radius 1 is 1.19 bits per heavy atom. The number of nitrogens with one attached hydrogen (secondary N) is 2. The van der Waals surface area contributed by atoms with Crippen LogP contribution in [-0.4, -0.2) is 60.5 Å². The lowest BCUT2D eigenvalue weighted by molar-refractivity contribution is -0.140. The van der Waals surface area contributed by atoms with Gasteiger partial charge in [0.25, 0.3) is 0 Å². The van der Waals surface area contributed by atoms with Crippen molar-refractivity contribution in [1.82, 2.24) is 15.5 Å². The summed E-state index contributed by atoms with van der Waals surface area (Å²) in [4.78, 5) is 40.2. The number of aliphatic hydroxyl groups is 1. The molecule has 1 heterocycles. The van der Waals surface area contributed by atoms with Crippen LogP contribution in [0.25, 0.3) is 0 Å². The maximum absolute atomic E-state index is 13.2. The number of rotatable bonds is 9. The van der Waals surface area contributed by atoms with E-state index < -0.39 is 17.9 Å². The van der Waals surface area contributed by atoms with Gasteiger partial charge in [0, 0.05) is 32.7 Å². The summed E-state index contributed by atoms with van der Waals surface area (Å²) < 4.78 is 0. The van der Waals surface area contributed by atoms with E-state index in [0.29, 0.717) is 25.9 Å². The molecule has 2 rings (SSSR count). The highest BCUT2D eigenvalue weighted by atomic mass is 16.3. The molecule has 5 atom stereocenters. The number of carbonyl (C=O) groups excluding carboxylic acids is 3. The van der Waals surface area contributed by atoms with Crippen molar-refractivity contribution in [2.75, 3.05) is 26.7 Å². The molecule has 1 saturated heterocycles. The molecule has 0 aromatic carbocycles. The highest BCUT2D eigenvalue weighted by molar-refractivity contribution is 5.96. The Kier molecular flexibility index (Phi) is 7.83. The Balaban J connectivity index is 2.30. The summed E-state index contributed by atoms with van der Waals surface area (Å²) in [5.41, 5.74) is 0. The Labute approximate surface area is 161 Å². The van der Waals surface area contributed by atoms with Crippen molar-refractivity contribution in [1.29, 1.82) is 0 Å². The number of amides is 3. The topological polar surface area (TPSA) is 98.7 Å². The summed E-state index contributed by atoms with van der Waals surface area (Å²) in [6, 6.07) is -0.589. The standard InChI is InChI=1S/C20H33N3O4/c1-4-5-10-22-19(26)17-14-9-8-13(2)15(18(25)21-3)16(14)20(27)23(17)11-6-7-12-24/h8-9,13-17,24H,4-7,10-12H2,1-3H3,(H,21,25)(H,22,26)/t13-,14+,15-,16-,17+/m1/s1. The number of fused-ring (bicyclic) bond motifs is 1. The molecule has 0 spiro atoms. The van der Waals surface area contributed by atoms with Crippen molar-refractivity contribution in [2.24, 2.45) is 23.7 Å². The summed E-state index contributed by atoms with van der Waals surface area (Å²) in [7, 11) is 1.58. The molecule has 27 heavy (non-hydrogen) atoms. The van der Waals surface area contributed by atoms with Gasteiger partial charge in [-0.2, -0.15) is 0 Å². The number of carbonyl (C=O) groups is 3. The predicted molar refractivity (Wildman–Crippen MR) is 103 cm³/mol. The van der Waals surface area contributed by atoms with Crippen LogP contribution in [0.15, 0.2) is 12.2 Å². The minimum absolute atomic E-state index is 0.0556. The van der Waals surface area contributed by atoms with Crippen LogP contribution in [0.5, 0.6) is 0 Å². The zero-order valence-electron chi connectivity index (χ0n) is 16.6. The van der Waals surface area contributed by atoms with E-state index in [-0.39, 0.29) is 36.2 Å². The van der Waals surface area contributed by atoms with Gasteiger partial charge < -0.3 is 20.6 Å². The van der Waals surface area contributed by atoms with Crippen LogP contribution in [0.1, 0.15) is 39.5 Å². The van der Waals surface area contributed by atoms with Crippen LogP contribution in [0.4, 0.5) is 0 Å². The summed E-state index contributed by atoms with van der Waals surface area (Å²) >= 11 is 0. The highest BCUT2D eigenvalue weighted by Gasteiger charge is 2.56. The van der Waals surface area contributed by atoms with E-state index in [1.807, 2.05) is 19.1 Å². The van der Waals surface area contributed by atoms with E-state index in [0.717, 1.165) is 12.8 Å². The molecule has 7 nitrogen and oxygen atoms in total. The zero-order valence-corrected chi connectivity index (χ0v) is 16.6. The Hall–Kier alpha value is -1.89. The molecule has 0 bridgehead atoms. The first-order valence-electron chi connectivity index (χ1n) is 10.1. The zero-order chi connectivity index (χ0) is 20.0. The van der Waals surface area contributed by atoms with Crippen molar-refractivity contribution in [3.05, 3.63) is 12.2 Å². The van der Waals surface area contributed by atoms with E-state index >= 15 is 0 Å². The van der Waals surface area contributed by atoms with Crippen LogP contribution in [0, 0.1) is 23.7 Å². The summed E-state index contributed by atoms with van der Waals surface area (Å²) in [6.45, 7) is 5.05. The Morgan fingerprint density at radius 3 is 2.56 bits per heavy atom. The first-order chi connectivity index (χ1) is 13.0. The number of likely N-dealkylation sites (tertiary alicyclic amines) is 1. The summed E-state index contributed by atoms with van der Waals surface area (Å²) in [6.07, 6.45) is 6.98. The molecule has 2 aliphatic rings. The molecule has 3 N–H and O–H groups in total. The van der Waals surface area contributed by atoms with Gasteiger partial charge in [0.05, 0.1) is 11.8 Å². The first-order valence-corrected chi connectivity index (χ1v) is 10.1. The molecule has 7 heteroatoms. The van der Waals surface area contributed by atoms with Gasteiger partial charge in [-0.25, -0.2) is 0 Å². The van der Waals surface area contributed by atoms with Crippen LogP contribution in [0.2, 0.25) is 0 Å². The monoisotopic (exact) mass is 379 g/mol. The fourth-order valence-corrected chi connectivity index (χ4v) is 4.29. The first kappa shape index (κ1) is 21.4. The molecule has 1 aliphatic carbocycles. The molecule has 1 fully saturated rings. The molecule has 0 aromatic rings. The van der Waals surface area contributed by atoms with Crippen LogP contribution in [-0.2, 0) is 14.4 Å². The second-order valence-corrected chi connectivity index (χ2v) is 7.54. The van der Waals surface area contributed by atoms with E-state index in [1.165, 1.54) is 0 Å². The Bertz CT molecular complexity index is 578. The van der Waals surface area contributed by atoms with Crippen molar-refractivity contribution in [3.63, 3.8) is 0 Å². The number of allylic oxidation sites excluding steroid dienone is 1. The van der Waals surface area contributed by atoms with E-state index in [9.17, 15) is 14.4 Å². The SMILES string of the molecule is CCCCNC(=O)[C@@H]1[C@H]2C=C[C@@H](C)[C@@H](C(=O)NC)[C@@H]2C(=O)N1CCCCO. The van der Waals surface area contributed by atoms with E-state index in [1.54, 1.807) is 11.9 Å². The third kappa shape index (κ3) is 4.51. The molecular weight excluding hydrogens is 346 g/mol. The van der Waals surface area contributed by atoms with Gasteiger partial charge in [-0.3, -0.25) is 14.4 Å². The van der Waals surface area contributed by atoms with Crippen molar-refractivity contribution in [2.45, 2.75) is 45.6 Å². The van der Waals surface area contributed by atoms with Gasteiger partial charge in [0.2, 0.25) is 17.7 Å². The van der Waals surface area contributed by atoms with Crippen molar-refractivity contribution in [3.8, 4) is 0 Å². The third-order valence-electron chi connectivity index (χ3n) is 5.73.